The molecule has 0 aliphatic heterocycles. The van der Waals surface area contributed by atoms with Gasteiger partial charge >= 0.3 is 11.8 Å². The number of benzene rings is 1. The number of para-hydroxylation sites is 2. The van der Waals surface area contributed by atoms with Crippen LogP contribution in [0.5, 0.6) is 5.75 Å². The summed E-state index contributed by atoms with van der Waals surface area (Å²) < 4.78 is 5.67. The lowest BCUT2D eigenvalue weighted by Gasteiger charge is -2.27. The van der Waals surface area contributed by atoms with Gasteiger partial charge in [-0.05, 0) is 46.8 Å². The Labute approximate surface area is 183 Å². The van der Waals surface area contributed by atoms with Crippen LogP contribution < -0.4 is 25.2 Å². The number of nitrogens with zero attached hydrogens (tertiary/aromatic N) is 6. The molecule has 0 saturated carbocycles. The summed E-state index contributed by atoms with van der Waals surface area (Å²) in [5.41, 5.74) is 5.70. The molecular formula is C21H31N7O3. The molecule has 2 amide bonds. The van der Waals surface area contributed by atoms with Gasteiger partial charge in [0.05, 0.1) is 12.3 Å². The third-order valence-corrected chi connectivity index (χ3v) is 4.71. The number of rotatable bonds is 10. The van der Waals surface area contributed by atoms with Crippen LogP contribution in [0.25, 0.3) is 0 Å². The number of amides is 2. The van der Waals surface area contributed by atoms with Gasteiger partial charge in [0, 0.05) is 26.2 Å². The van der Waals surface area contributed by atoms with Crippen LogP contribution in [0.2, 0.25) is 0 Å². The molecule has 168 valence electrons. The van der Waals surface area contributed by atoms with Crippen molar-refractivity contribution in [3.8, 4) is 5.75 Å². The Bertz CT molecular complexity index is 868. The monoisotopic (exact) mass is 429 g/mol. The normalized spacial score (nSPS) is 10.5. The van der Waals surface area contributed by atoms with Crippen LogP contribution in [-0.2, 0) is 9.59 Å². The molecule has 0 radical (unpaired) electrons. The lowest BCUT2D eigenvalue weighted by molar-refractivity contribution is -0.135. The molecule has 2 rings (SSSR count). The average molecular weight is 430 g/mol. The van der Waals surface area contributed by atoms with E-state index in [9.17, 15) is 9.59 Å². The number of primary amides is 1. The van der Waals surface area contributed by atoms with Crippen molar-refractivity contribution in [1.29, 1.82) is 0 Å². The zero-order valence-corrected chi connectivity index (χ0v) is 18.8. The first kappa shape index (κ1) is 23.8. The van der Waals surface area contributed by atoms with Gasteiger partial charge in [-0.25, -0.2) is 4.90 Å². The summed E-state index contributed by atoms with van der Waals surface area (Å²) in [6.07, 6.45) is 0. The summed E-state index contributed by atoms with van der Waals surface area (Å²) in [7, 11) is 0. The van der Waals surface area contributed by atoms with Crippen LogP contribution in [0.1, 0.15) is 34.6 Å². The second kappa shape index (κ2) is 11.1. The number of ether oxygens (including phenoxy) is 1. The second-order valence-corrected chi connectivity index (χ2v) is 6.49. The molecule has 0 aliphatic carbocycles. The van der Waals surface area contributed by atoms with Crippen molar-refractivity contribution in [3.05, 3.63) is 24.3 Å². The summed E-state index contributed by atoms with van der Waals surface area (Å²) >= 11 is 0. The Balaban J connectivity index is 2.78. The molecule has 0 unspecified atom stereocenters. The minimum Gasteiger partial charge on any atom is -0.492 e. The molecule has 0 fully saturated rings. The highest BCUT2D eigenvalue weighted by Crippen LogP contribution is 2.33. The predicted octanol–water partition coefficient (Wildman–Crippen LogP) is 2.11. The van der Waals surface area contributed by atoms with Crippen molar-refractivity contribution in [2.45, 2.75) is 34.6 Å². The summed E-state index contributed by atoms with van der Waals surface area (Å²) in [5.74, 6) is -0.848. The maximum Gasteiger partial charge on any atom is 0.323 e. The Morgan fingerprint density at radius 2 is 1.32 bits per heavy atom. The molecule has 2 N–H and O–H groups in total. The molecule has 0 atom stereocenters. The third-order valence-electron chi connectivity index (χ3n) is 4.71. The SMILES string of the molecule is CCOc1ccccc1N(C(=O)C(N)=O)c1nc(N(CC)CC)nc(N(CC)CC)n1. The Morgan fingerprint density at radius 3 is 1.77 bits per heavy atom. The number of nitrogens with two attached hydrogens (primary N) is 1. The number of hydrogen-bond donors (Lipinski definition) is 1. The predicted molar refractivity (Wildman–Crippen MR) is 121 cm³/mol. The van der Waals surface area contributed by atoms with Gasteiger partial charge in [-0.15, -0.1) is 0 Å². The summed E-state index contributed by atoms with van der Waals surface area (Å²) in [4.78, 5) is 43.5. The van der Waals surface area contributed by atoms with Crippen molar-refractivity contribution in [2.24, 2.45) is 5.73 Å². The largest absolute Gasteiger partial charge is 0.492 e. The van der Waals surface area contributed by atoms with Crippen molar-refractivity contribution < 1.29 is 14.3 Å². The van der Waals surface area contributed by atoms with Crippen LogP contribution in [0.15, 0.2) is 24.3 Å². The Hall–Kier alpha value is -3.43. The van der Waals surface area contributed by atoms with Crippen LogP contribution in [0.3, 0.4) is 0 Å². The number of carbonyl (C=O) groups excluding carboxylic acids is 2. The quantitative estimate of drug-likeness (QED) is 0.571. The molecule has 10 heteroatoms. The van der Waals surface area contributed by atoms with Gasteiger partial charge in [0.25, 0.3) is 0 Å². The fraction of sp³-hybridized carbons (Fsp3) is 0.476. The van der Waals surface area contributed by atoms with E-state index in [2.05, 4.69) is 15.0 Å². The van der Waals surface area contributed by atoms with E-state index in [0.717, 1.165) is 4.90 Å². The minimum atomic E-state index is -1.12. The molecule has 1 aromatic heterocycles. The molecule has 31 heavy (non-hydrogen) atoms. The molecule has 2 aromatic rings. The van der Waals surface area contributed by atoms with E-state index in [0.29, 0.717) is 56.1 Å². The first-order valence-electron chi connectivity index (χ1n) is 10.5. The standard InChI is InChI=1S/C21H31N7O3/c1-6-26(7-2)19-23-20(27(8-3)9-4)25-21(24-19)28(18(30)17(22)29)15-13-11-12-14-16(15)31-10-5/h11-14H,6-10H2,1-5H3,(H2,22,29). The van der Waals surface area contributed by atoms with Gasteiger partial charge in [-0.1, -0.05) is 12.1 Å². The second-order valence-electron chi connectivity index (χ2n) is 6.49. The zero-order chi connectivity index (χ0) is 23.0. The third kappa shape index (κ3) is 5.39. The molecule has 10 nitrogen and oxygen atoms in total. The molecule has 0 aliphatic rings. The van der Waals surface area contributed by atoms with Gasteiger partial charge < -0.3 is 20.3 Å². The van der Waals surface area contributed by atoms with E-state index in [4.69, 9.17) is 10.5 Å². The van der Waals surface area contributed by atoms with Crippen molar-refractivity contribution in [2.75, 3.05) is 47.5 Å². The lowest BCUT2D eigenvalue weighted by atomic mass is 10.2. The van der Waals surface area contributed by atoms with Gasteiger partial charge in [0.1, 0.15) is 5.75 Å². The molecule has 0 bridgehead atoms. The number of aromatic nitrogens is 3. The van der Waals surface area contributed by atoms with Gasteiger partial charge in [-0.3, -0.25) is 9.59 Å². The minimum absolute atomic E-state index is 0.00903. The van der Waals surface area contributed by atoms with Crippen LogP contribution in [-0.4, -0.2) is 59.6 Å². The first-order valence-corrected chi connectivity index (χ1v) is 10.5. The van der Waals surface area contributed by atoms with E-state index in [1.54, 1.807) is 24.3 Å². The summed E-state index contributed by atoms with van der Waals surface area (Å²) in [6, 6.07) is 6.87. The molecule has 0 spiro atoms. The van der Waals surface area contributed by atoms with E-state index in [-0.39, 0.29) is 5.95 Å². The maximum absolute atomic E-state index is 12.9. The highest BCUT2D eigenvalue weighted by molar-refractivity contribution is 6.41. The Morgan fingerprint density at radius 1 is 0.839 bits per heavy atom. The summed E-state index contributed by atoms with van der Waals surface area (Å²) in [5, 5.41) is 0. The smallest absolute Gasteiger partial charge is 0.323 e. The Kier molecular flexibility index (Phi) is 8.53. The fourth-order valence-corrected chi connectivity index (χ4v) is 3.08. The van der Waals surface area contributed by atoms with Crippen LogP contribution >= 0.6 is 0 Å². The molecule has 1 aromatic carbocycles. The van der Waals surface area contributed by atoms with E-state index >= 15 is 0 Å². The maximum atomic E-state index is 12.9. The number of anilines is 4. The van der Waals surface area contributed by atoms with Crippen molar-refractivity contribution in [3.63, 3.8) is 0 Å². The molecular weight excluding hydrogens is 398 g/mol. The fourth-order valence-electron chi connectivity index (χ4n) is 3.08. The van der Waals surface area contributed by atoms with Crippen LogP contribution in [0, 0.1) is 0 Å². The van der Waals surface area contributed by atoms with E-state index in [1.807, 2.05) is 44.4 Å². The highest BCUT2D eigenvalue weighted by atomic mass is 16.5. The number of hydrogen-bond acceptors (Lipinski definition) is 8. The molecule has 0 saturated heterocycles. The lowest BCUT2D eigenvalue weighted by Crippen LogP contribution is -2.39. The van der Waals surface area contributed by atoms with Crippen LogP contribution in [0.4, 0.5) is 23.5 Å². The van der Waals surface area contributed by atoms with Crippen molar-refractivity contribution in [1.82, 2.24) is 15.0 Å². The summed E-state index contributed by atoms with van der Waals surface area (Å²) in [6.45, 7) is 12.8. The molecule has 1 heterocycles. The average Bonchev–Trinajstić information content (AvgIpc) is 2.77. The van der Waals surface area contributed by atoms with Gasteiger partial charge in [0.15, 0.2) is 0 Å². The van der Waals surface area contributed by atoms with Crippen molar-refractivity contribution >= 4 is 35.3 Å². The van der Waals surface area contributed by atoms with Gasteiger partial charge in [0.2, 0.25) is 17.8 Å². The highest BCUT2D eigenvalue weighted by Gasteiger charge is 2.30. The first-order chi connectivity index (χ1) is 14.9. The van der Waals surface area contributed by atoms with Gasteiger partial charge in [-0.2, -0.15) is 15.0 Å². The number of carbonyl (C=O) groups is 2. The zero-order valence-electron chi connectivity index (χ0n) is 18.8. The van der Waals surface area contributed by atoms with E-state index < -0.39 is 11.8 Å². The topological polar surface area (TPSA) is 118 Å². The van der Waals surface area contributed by atoms with E-state index in [1.165, 1.54) is 0 Å².